The average molecular weight is 384 g/mol. The van der Waals surface area contributed by atoms with Crippen LogP contribution in [0.5, 0.6) is 0 Å². The van der Waals surface area contributed by atoms with Gasteiger partial charge in [0.2, 0.25) is 0 Å². The van der Waals surface area contributed by atoms with Crippen molar-refractivity contribution in [2.75, 3.05) is 0 Å². The summed E-state index contributed by atoms with van der Waals surface area (Å²) in [6.07, 6.45) is 9.61. The van der Waals surface area contributed by atoms with E-state index in [0.717, 1.165) is 23.9 Å². The minimum Gasteiger partial charge on any atom is -0.251 e. The number of fused-ring (bicyclic) bond motifs is 3. The fraction of sp³-hybridized carbons (Fsp3) is 0.455. The van der Waals surface area contributed by atoms with Crippen LogP contribution in [0.15, 0.2) is 36.4 Å². The first-order chi connectivity index (χ1) is 11.8. The molecule has 137 valence electrons. The third-order valence-electron chi connectivity index (χ3n) is 4.71. The molecule has 0 saturated carbocycles. The van der Waals surface area contributed by atoms with Crippen LogP contribution in [0.2, 0.25) is 0 Å². The summed E-state index contributed by atoms with van der Waals surface area (Å²) in [5.74, 6) is 0. The van der Waals surface area contributed by atoms with Gasteiger partial charge in [-0.3, -0.25) is 9.97 Å². The van der Waals surface area contributed by atoms with Crippen LogP contribution >= 0.6 is 0 Å². The molecule has 0 atom stereocenters. The van der Waals surface area contributed by atoms with E-state index in [1.165, 1.54) is 60.7 Å². The summed E-state index contributed by atoms with van der Waals surface area (Å²) < 4.78 is 0. The van der Waals surface area contributed by atoms with Gasteiger partial charge in [0.15, 0.2) is 0 Å². The molecule has 0 saturated heterocycles. The van der Waals surface area contributed by atoms with Gasteiger partial charge in [0.05, 0.1) is 11.0 Å². The smallest absolute Gasteiger partial charge is 0.0967 e. The Kier molecular flexibility index (Phi) is 7.86. The van der Waals surface area contributed by atoms with Gasteiger partial charge in [-0.25, -0.2) is 0 Å². The van der Waals surface area contributed by atoms with Crippen molar-refractivity contribution in [2.24, 2.45) is 0 Å². The SMILES string of the molecule is CCCCCc1ccc2ccc3ccc(CCCCC)nc3c2n1.[Cu]. The Hall–Kier alpha value is -1.44. The number of hydrogen-bond acceptors (Lipinski definition) is 2. The molecule has 0 aliphatic carbocycles. The van der Waals surface area contributed by atoms with Crippen molar-refractivity contribution in [3.63, 3.8) is 0 Å². The van der Waals surface area contributed by atoms with Crippen LogP contribution in [0.1, 0.15) is 63.8 Å². The maximum absolute atomic E-state index is 4.95. The van der Waals surface area contributed by atoms with E-state index in [4.69, 9.17) is 9.97 Å². The quantitative estimate of drug-likeness (QED) is 0.261. The monoisotopic (exact) mass is 383 g/mol. The van der Waals surface area contributed by atoms with E-state index in [9.17, 15) is 0 Å². The van der Waals surface area contributed by atoms with Gasteiger partial charge in [0.1, 0.15) is 0 Å². The summed E-state index contributed by atoms with van der Waals surface area (Å²) in [4.78, 5) is 9.90. The van der Waals surface area contributed by atoms with Gasteiger partial charge in [-0.1, -0.05) is 63.8 Å². The maximum atomic E-state index is 4.95. The summed E-state index contributed by atoms with van der Waals surface area (Å²) in [7, 11) is 0. The third-order valence-corrected chi connectivity index (χ3v) is 4.71. The minimum absolute atomic E-state index is 0. The number of nitrogens with zero attached hydrogens (tertiary/aromatic N) is 2. The van der Waals surface area contributed by atoms with Crippen molar-refractivity contribution in [1.82, 2.24) is 9.97 Å². The third kappa shape index (κ3) is 5.03. The topological polar surface area (TPSA) is 25.8 Å². The van der Waals surface area contributed by atoms with Crippen LogP contribution in [0.25, 0.3) is 21.8 Å². The number of unbranched alkanes of at least 4 members (excludes halogenated alkanes) is 4. The fourth-order valence-electron chi connectivity index (χ4n) is 3.24. The Balaban J connectivity index is 0.00000225. The van der Waals surface area contributed by atoms with Crippen molar-refractivity contribution in [2.45, 2.75) is 65.2 Å². The zero-order chi connectivity index (χ0) is 16.8. The molecular formula is C22H28CuN2. The van der Waals surface area contributed by atoms with Crippen LogP contribution in [0.3, 0.4) is 0 Å². The second-order valence-corrected chi connectivity index (χ2v) is 6.73. The Morgan fingerprint density at radius 1 is 0.600 bits per heavy atom. The van der Waals surface area contributed by atoms with Crippen LogP contribution in [0.4, 0.5) is 0 Å². The molecule has 0 bridgehead atoms. The summed E-state index contributed by atoms with van der Waals surface area (Å²) >= 11 is 0. The summed E-state index contributed by atoms with van der Waals surface area (Å²) in [5.41, 5.74) is 4.53. The first kappa shape index (κ1) is 19.9. The predicted molar refractivity (Wildman–Crippen MR) is 104 cm³/mol. The van der Waals surface area contributed by atoms with Crippen LogP contribution in [0, 0.1) is 0 Å². The molecule has 0 aliphatic rings. The molecule has 2 aromatic heterocycles. The Morgan fingerprint density at radius 3 is 1.40 bits per heavy atom. The van der Waals surface area contributed by atoms with Gasteiger partial charge in [0.25, 0.3) is 0 Å². The summed E-state index contributed by atoms with van der Waals surface area (Å²) in [6.45, 7) is 4.48. The van der Waals surface area contributed by atoms with Crippen molar-refractivity contribution >= 4 is 21.8 Å². The molecule has 3 heteroatoms. The molecule has 0 amide bonds. The Labute approximate surface area is 161 Å². The molecule has 0 spiro atoms. The molecule has 0 aliphatic heterocycles. The molecule has 25 heavy (non-hydrogen) atoms. The molecule has 2 nitrogen and oxygen atoms in total. The standard InChI is InChI=1S/C22H28N2.Cu/c1-3-5-7-9-19-15-13-17-11-12-18-14-16-20(10-8-6-4-2)24-22(18)21(17)23-19;/h11-16H,3-10H2,1-2H3;. The van der Waals surface area contributed by atoms with Gasteiger partial charge < -0.3 is 0 Å². The van der Waals surface area contributed by atoms with Crippen LogP contribution in [-0.4, -0.2) is 9.97 Å². The minimum atomic E-state index is 0. The maximum Gasteiger partial charge on any atom is 0.0967 e. The molecule has 0 unspecified atom stereocenters. The second-order valence-electron chi connectivity index (χ2n) is 6.73. The molecular weight excluding hydrogens is 356 g/mol. The number of aromatic nitrogens is 2. The van der Waals surface area contributed by atoms with Crippen molar-refractivity contribution in [3.8, 4) is 0 Å². The molecule has 3 rings (SSSR count). The zero-order valence-corrected chi connectivity index (χ0v) is 16.3. The van der Waals surface area contributed by atoms with E-state index < -0.39 is 0 Å². The molecule has 1 aromatic carbocycles. The van der Waals surface area contributed by atoms with Crippen LogP contribution < -0.4 is 0 Å². The molecule has 2 heterocycles. The van der Waals surface area contributed by atoms with Gasteiger partial charge in [-0.05, 0) is 37.8 Å². The van der Waals surface area contributed by atoms with Crippen molar-refractivity contribution < 1.29 is 17.1 Å². The number of benzene rings is 1. The van der Waals surface area contributed by atoms with Gasteiger partial charge in [0, 0.05) is 39.2 Å². The summed E-state index contributed by atoms with van der Waals surface area (Å²) in [5, 5.41) is 2.39. The van der Waals surface area contributed by atoms with E-state index in [-0.39, 0.29) is 17.1 Å². The molecule has 0 N–H and O–H groups in total. The zero-order valence-electron chi connectivity index (χ0n) is 15.3. The van der Waals surface area contributed by atoms with E-state index >= 15 is 0 Å². The average Bonchev–Trinajstić information content (AvgIpc) is 2.62. The summed E-state index contributed by atoms with van der Waals surface area (Å²) in [6, 6.07) is 13.1. The second kappa shape index (κ2) is 9.89. The molecule has 3 aromatic rings. The van der Waals surface area contributed by atoms with Crippen molar-refractivity contribution in [1.29, 1.82) is 0 Å². The van der Waals surface area contributed by atoms with Gasteiger partial charge >= 0.3 is 0 Å². The number of rotatable bonds is 8. The molecule has 0 fully saturated rings. The Morgan fingerprint density at radius 2 is 1.00 bits per heavy atom. The van der Waals surface area contributed by atoms with E-state index in [1.807, 2.05) is 0 Å². The van der Waals surface area contributed by atoms with Gasteiger partial charge in [-0.2, -0.15) is 0 Å². The molecule has 1 radical (unpaired) electrons. The number of aryl methyl sites for hydroxylation is 2. The van der Waals surface area contributed by atoms with E-state index in [2.05, 4.69) is 50.2 Å². The Bertz CT molecular complexity index is 745. The number of hydrogen-bond donors (Lipinski definition) is 0. The largest absolute Gasteiger partial charge is 0.251 e. The number of pyridine rings is 2. The van der Waals surface area contributed by atoms with E-state index in [1.54, 1.807) is 0 Å². The van der Waals surface area contributed by atoms with E-state index in [0.29, 0.717) is 0 Å². The van der Waals surface area contributed by atoms with Gasteiger partial charge in [-0.15, -0.1) is 0 Å². The van der Waals surface area contributed by atoms with Crippen LogP contribution in [-0.2, 0) is 29.9 Å². The fourth-order valence-corrected chi connectivity index (χ4v) is 3.24. The first-order valence-corrected chi connectivity index (χ1v) is 9.50. The normalized spacial score (nSPS) is 11.0. The van der Waals surface area contributed by atoms with Crippen molar-refractivity contribution in [3.05, 3.63) is 47.8 Å². The predicted octanol–water partition coefficient (Wildman–Crippen LogP) is 6.25. The first-order valence-electron chi connectivity index (χ1n) is 9.50.